The highest BCUT2D eigenvalue weighted by molar-refractivity contribution is 5.71. The Morgan fingerprint density at radius 2 is 2.15 bits per heavy atom. The highest BCUT2D eigenvalue weighted by Gasteiger charge is 2.30. The van der Waals surface area contributed by atoms with Crippen molar-refractivity contribution in [1.29, 1.82) is 5.26 Å². The van der Waals surface area contributed by atoms with Crippen LogP contribution in [0.1, 0.15) is 12.8 Å². The molecule has 70 valence electrons. The molecule has 0 amide bonds. The average molecular weight is 178 g/mol. The first-order valence-electron chi connectivity index (χ1n) is 4.37. The Kier molecular flexibility index (Phi) is 3.47. The van der Waals surface area contributed by atoms with E-state index >= 15 is 0 Å². The minimum Gasteiger partial charge on any atom is -0.405 e. The first kappa shape index (κ1) is 9.75. The van der Waals surface area contributed by atoms with Crippen LogP contribution in [0.3, 0.4) is 0 Å². The second-order valence-corrected chi connectivity index (χ2v) is 3.06. The highest BCUT2D eigenvalue weighted by Crippen LogP contribution is 2.21. The van der Waals surface area contributed by atoms with Crippen molar-refractivity contribution in [1.82, 2.24) is 5.32 Å². The van der Waals surface area contributed by atoms with Crippen LogP contribution in [0.4, 0.5) is 0 Å². The number of hydrogen-bond donors (Lipinski definition) is 2. The summed E-state index contributed by atoms with van der Waals surface area (Å²) in [6.45, 7) is 1.72. The van der Waals surface area contributed by atoms with E-state index in [-0.39, 0.29) is 0 Å². The topological polar surface area (TPSA) is 74.2 Å². The fourth-order valence-corrected chi connectivity index (χ4v) is 1.35. The number of nitrogens with one attached hydrogen (secondary N) is 1. The molecule has 1 aliphatic rings. The smallest absolute Gasteiger partial charge is 0.149 e. The van der Waals surface area contributed by atoms with Gasteiger partial charge in [-0.3, -0.25) is 4.99 Å². The summed E-state index contributed by atoms with van der Waals surface area (Å²) < 4.78 is 0. The quantitative estimate of drug-likeness (QED) is 0.592. The van der Waals surface area contributed by atoms with Gasteiger partial charge in [0.25, 0.3) is 0 Å². The van der Waals surface area contributed by atoms with Crippen molar-refractivity contribution < 1.29 is 0 Å². The number of aliphatic imine (C=N–C) groups is 1. The van der Waals surface area contributed by atoms with Crippen molar-refractivity contribution in [3.05, 3.63) is 12.3 Å². The van der Waals surface area contributed by atoms with Crippen molar-refractivity contribution in [2.24, 2.45) is 10.7 Å². The van der Waals surface area contributed by atoms with Gasteiger partial charge >= 0.3 is 0 Å². The van der Waals surface area contributed by atoms with Crippen LogP contribution in [0.2, 0.25) is 0 Å². The van der Waals surface area contributed by atoms with Gasteiger partial charge in [-0.05, 0) is 38.2 Å². The summed E-state index contributed by atoms with van der Waals surface area (Å²) >= 11 is 0. The van der Waals surface area contributed by atoms with Crippen molar-refractivity contribution >= 4 is 6.21 Å². The standard InChI is InChI=1S/C9H14N4/c10-4-1-5-13-9(8-11)2-6-12-7-3-9/h1,4-5,12H,2-3,6-7,10H2/b4-1-,13-5?. The molecule has 0 aromatic rings. The summed E-state index contributed by atoms with van der Waals surface area (Å²) in [5.74, 6) is 0. The molecule has 0 spiro atoms. The molecule has 0 aromatic carbocycles. The summed E-state index contributed by atoms with van der Waals surface area (Å²) in [5, 5.41) is 12.2. The van der Waals surface area contributed by atoms with Crippen LogP contribution >= 0.6 is 0 Å². The van der Waals surface area contributed by atoms with Gasteiger partial charge in [0.05, 0.1) is 6.07 Å². The van der Waals surface area contributed by atoms with Crippen LogP contribution in [0.25, 0.3) is 0 Å². The predicted molar refractivity (Wildman–Crippen MR) is 52.3 cm³/mol. The van der Waals surface area contributed by atoms with Crippen molar-refractivity contribution in [2.75, 3.05) is 13.1 Å². The van der Waals surface area contributed by atoms with E-state index in [4.69, 9.17) is 11.0 Å². The Balaban J connectivity index is 2.64. The monoisotopic (exact) mass is 178 g/mol. The van der Waals surface area contributed by atoms with Gasteiger partial charge in [-0.2, -0.15) is 5.26 Å². The maximum absolute atomic E-state index is 8.99. The van der Waals surface area contributed by atoms with Gasteiger partial charge in [-0.25, -0.2) is 0 Å². The molecule has 0 unspecified atom stereocenters. The van der Waals surface area contributed by atoms with E-state index in [1.165, 1.54) is 6.20 Å². The van der Waals surface area contributed by atoms with Gasteiger partial charge in [0.15, 0.2) is 0 Å². The minimum absolute atomic E-state index is 0.523. The molecular formula is C9H14N4. The van der Waals surface area contributed by atoms with E-state index in [1.807, 2.05) is 0 Å². The third kappa shape index (κ3) is 2.56. The van der Waals surface area contributed by atoms with E-state index in [9.17, 15) is 0 Å². The second-order valence-electron chi connectivity index (χ2n) is 3.06. The zero-order valence-corrected chi connectivity index (χ0v) is 7.53. The summed E-state index contributed by atoms with van der Waals surface area (Å²) in [5.41, 5.74) is 4.64. The SMILES string of the molecule is N#CC1(N=C/C=C\N)CCNCC1. The zero-order valence-electron chi connectivity index (χ0n) is 7.53. The molecule has 0 atom stereocenters. The molecule has 0 aromatic heterocycles. The molecule has 1 heterocycles. The van der Waals surface area contributed by atoms with Crippen LogP contribution < -0.4 is 11.1 Å². The molecule has 0 radical (unpaired) electrons. The number of hydrogen-bond acceptors (Lipinski definition) is 4. The maximum Gasteiger partial charge on any atom is 0.149 e. The number of allylic oxidation sites excluding steroid dienone is 1. The lowest BCUT2D eigenvalue weighted by Gasteiger charge is -2.26. The molecule has 4 heteroatoms. The largest absolute Gasteiger partial charge is 0.405 e. The molecule has 1 aliphatic heterocycles. The Bertz CT molecular complexity index is 243. The fraction of sp³-hybridized carbons (Fsp3) is 0.556. The first-order valence-corrected chi connectivity index (χ1v) is 4.37. The number of nitrogens with zero attached hydrogens (tertiary/aromatic N) is 2. The van der Waals surface area contributed by atoms with Crippen molar-refractivity contribution in [2.45, 2.75) is 18.4 Å². The summed E-state index contributed by atoms with van der Waals surface area (Å²) in [4.78, 5) is 4.23. The summed E-state index contributed by atoms with van der Waals surface area (Å²) in [6.07, 6.45) is 6.21. The van der Waals surface area contributed by atoms with Gasteiger partial charge < -0.3 is 11.1 Å². The second kappa shape index (κ2) is 4.63. The van der Waals surface area contributed by atoms with Gasteiger partial charge in [-0.1, -0.05) is 0 Å². The lowest BCUT2D eigenvalue weighted by atomic mass is 9.91. The van der Waals surface area contributed by atoms with Crippen LogP contribution in [-0.4, -0.2) is 24.8 Å². The van der Waals surface area contributed by atoms with E-state index in [0.29, 0.717) is 0 Å². The van der Waals surface area contributed by atoms with Crippen molar-refractivity contribution in [3.63, 3.8) is 0 Å². The first-order chi connectivity index (χ1) is 6.33. The molecular weight excluding hydrogens is 164 g/mol. The third-order valence-electron chi connectivity index (χ3n) is 2.16. The van der Waals surface area contributed by atoms with Gasteiger partial charge in [0, 0.05) is 6.21 Å². The van der Waals surface area contributed by atoms with Gasteiger partial charge in [-0.15, -0.1) is 0 Å². The summed E-state index contributed by atoms with van der Waals surface area (Å²) in [7, 11) is 0. The van der Waals surface area contributed by atoms with Crippen LogP contribution in [0.15, 0.2) is 17.3 Å². The Morgan fingerprint density at radius 3 is 2.69 bits per heavy atom. The molecule has 1 saturated heterocycles. The van der Waals surface area contributed by atoms with Crippen LogP contribution in [-0.2, 0) is 0 Å². The Morgan fingerprint density at radius 1 is 1.46 bits per heavy atom. The van der Waals surface area contributed by atoms with E-state index in [2.05, 4.69) is 16.4 Å². The third-order valence-corrected chi connectivity index (χ3v) is 2.16. The molecule has 3 N–H and O–H groups in total. The molecule has 1 fully saturated rings. The number of rotatable bonds is 2. The minimum atomic E-state index is -0.523. The van der Waals surface area contributed by atoms with Gasteiger partial charge in [0.2, 0.25) is 0 Å². The Labute approximate surface area is 78.1 Å². The lowest BCUT2D eigenvalue weighted by Crippen LogP contribution is -2.39. The normalized spacial score (nSPS) is 22.1. The fourth-order valence-electron chi connectivity index (χ4n) is 1.35. The summed E-state index contributed by atoms with van der Waals surface area (Å²) in [6, 6.07) is 2.26. The van der Waals surface area contributed by atoms with Crippen LogP contribution in [0, 0.1) is 11.3 Å². The molecule has 13 heavy (non-hydrogen) atoms. The van der Waals surface area contributed by atoms with Crippen molar-refractivity contribution in [3.8, 4) is 6.07 Å². The molecule has 0 aliphatic carbocycles. The number of piperidine rings is 1. The Hall–Kier alpha value is -1.34. The van der Waals surface area contributed by atoms with E-state index in [0.717, 1.165) is 25.9 Å². The van der Waals surface area contributed by atoms with E-state index < -0.39 is 5.54 Å². The molecule has 4 nitrogen and oxygen atoms in total. The van der Waals surface area contributed by atoms with Gasteiger partial charge in [0.1, 0.15) is 5.54 Å². The number of nitrogens with two attached hydrogens (primary N) is 1. The molecule has 1 rings (SSSR count). The predicted octanol–water partition coefficient (Wildman–Crippen LogP) is 0.175. The lowest BCUT2D eigenvalue weighted by molar-refractivity contribution is 0.387. The average Bonchev–Trinajstić information content (AvgIpc) is 2.20. The number of nitriles is 1. The highest BCUT2D eigenvalue weighted by atomic mass is 14.9. The molecule has 0 bridgehead atoms. The molecule has 0 saturated carbocycles. The van der Waals surface area contributed by atoms with E-state index in [1.54, 1.807) is 12.3 Å². The van der Waals surface area contributed by atoms with Crippen LogP contribution in [0.5, 0.6) is 0 Å². The zero-order chi connectivity index (χ0) is 9.57. The maximum atomic E-state index is 8.99.